The lowest BCUT2D eigenvalue weighted by atomic mass is 10.3. The lowest BCUT2D eigenvalue weighted by Crippen LogP contribution is -2.35. The van der Waals surface area contributed by atoms with Crippen LogP contribution in [0.5, 0.6) is 0 Å². The van der Waals surface area contributed by atoms with Crippen molar-refractivity contribution in [2.45, 2.75) is 29.5 Å². The fourth-order valence-corrected chi connectivity index (χ4v) is 5.10. The van der Waals surface area contributed by atoms with Gasteiger partial charge in [-0.25, -0.2) is 8.42 Å². The average Bonchev–Trinajstić information content (AvgIpc) is 3.08. The third-order valence-electron chi connectivity index (χ3n) is 3.06. The Labute approximate surface area is 118 Å². The van der Waals surface area contributed by atoms with Crippen molar-refractivity contribution in [2.75, 3.05) is 26.8 Å². The molecular formula is C12H20N2O3S2. The number of ether oxygens (including phenoxy) is 1. The van der Waals surface area contributed by atoms with E-state index >= 15 is 0 Å². The number of hydrogen-bond donors (Lipinski definition) is 1. The standard InChI is InChI=1S/C12H20N2O3S2/c1-17-9-8-14(10-2-3-10)19(15,16)12-5-4-11(18-12)6-7-13/h4-5,10H,2-3,6-9,13H2,1H3. The molecule has 0 unspecified atom stereocenters. The largest absolute Gasteiger partial charge is 0.383 e. The normalized spacial score (nSPS) is 16.2. The number of thiophene rings is 1. The van der Waals surface area contributed by atoms with Crippen LogP contribution in [0.2, 0.25) is 0 Å². The monoisotopic (exact) mass is 304 g/mol. The van der Waals surface area contributed by atoms with E-state index in [0.717, 1.165) is 24.1 Å². The molecule has 0 spiro atoms. The zero-order valence-electron chi connectivity index (χ0n) is 11.0. The van der Waals surface area contributed by atoms with E-state index in [-0.39, 0.29) is 6.04 Å². The summed E-state index contributed by atoms with van der Waals surface area (Å²) in [4.78, 5) is 1.02. The molecule has 2 N–H and O–H groups in total. The maximum Gasteiger partial charge on any atom is 0.252 e. The second-order valence-electron chi connectivity index (χ2n) is 4.60. The summed E-state index contributed by atoms with van der Waals surface area (Å²) in [5.41, 5.74) is 5.49. The number of hydrogen-bond acceptors (Lipinski definition) is 5. The van der Waals surface area contributed by atoms with Gasteiger partial charge < -0.3 is 10.5 Å². The first-order valence-corrected chi connectivity index (χ1v) is 8.65. The minimum absolute atomic E-state index is 0.153. The Balaban J connectivity index is 2.17. The van der Waals surface area contributed by atoms with Gasteiger partial charge in [0.05, 0.1) is 6.61 Å². The zero-order valence-corrected chi connectivity index (χ0v) is 12.7. The Hall–Kier alpha value is -0.470. The molecule has 1 aromatic heterocycles. The molecular weight excluding hydrogens is 284 g/mol. The van der Waals surface area contributed by atoms with E-state index in [9.17, 15) is 8.42 Å². The summed E-state index contributed by atoms with van der Waals surface area (Å²) in [6.45, 7) is 1.39. The van der Waals surface area contributed by atoms with E-state index in [1.807, 2.05) is 6.07 Å². The van der Waals surface area contributed by atoms with Crippen LogP contribution in [0.4, 0.5) is 0 Å². The van der Waals surface area contributed by atoms with Gasteiger partial charge in [-0.2, -0.15) is 4.31 Å². The molecule has 0 atom stereocenters. The van der Waals surface area contributed by atoms with Gasteiger partial charge in [-0.05, 0) is 37.9 Å². The predicted molar refractivity (Wildman–Crippen MR) is 75.9 cm³/mol. The topological polar surface area (TPSA) is 72.6 Å². The number of nitrogens with two attached hydrogens (primary N) is 1. The van der Waals surface area contributed by atoms with Crippen LogP contribution in [0.3, 0.4) is 0 Å². The molecule has 1 aromatic rings. The van der Waals surface area contributed by atoms with E-state index in [2.05, 4.69) is 0 Å². The molecule has 19 heavy (non-hydrogen) atoms. The minimum Gasteiger partial charge on any atom is -0.383 e. The van der Waals surface area contributed by atoms with Gasteiger partial charge in [0.2, 0.25) is 0 Å². The Kier molecular flexibility index (Phi) is 4.97. The van der Waals surface area contributed by atoms with Crippen molar-refractivity contribution >= 4 is 21.4 Å². The lowest BCUT2D eigenvalue weighted by molar-refractivity contribution is 0.177. The van der Waals surface area contributed by atoms with Crippen LogP contribution in [0.25, 0.3) is 0 Å². The van der Waals surface area contributed by atoms with Crippen molar-refractivity contribution in [3.63, 3.8) is 0 Å². The van der Waals surface area contributed by atoms with Crippen molar-refractivity contribution < 1.29 is 13.2 Å². The predicted octanol–water partition coefficient (Wildman–Crippen LogP) is 1.05. The third kappa shape index (κ3) is 3.55. The Morgan fingerprint density at radius 3 is 2.79 bits per heavy atom. The second-order valence-corrected chi connectivity index (χ2v) is 7.88. The van der Waals surface area contributed by atoms with Crippen LogP contribution in [0, 0.1) is 0 Å². The fraction of sp³-hybridized carbons (Fsp3) is 0.667. The second kappa shape index (κ2) is 6.32. The van der Waals surface area contributed by atoms with Crippen molar-refractivity contribution in [1.82, 2.24) is 4.31 Å². The van der Waals surface area contributed by atoms with Gasteiger partial charge in [0, 0.05) is 24.6 Å². The first-order valence-electron chi connectivity index (χ1n) is 6.39. The maximum absolute atomic E-state index is 12.6. The highest BCUT2D eigenvalue weighted by Gasteiger charge is 2.38. The van der Waals surface area contributed by atoms with Crippen LogP contribution < -0.4 is 5.73 Å². The highest BCUT2D eigenvalue weighted by Crippen LogP contribution is 2.34. The highest BCUT2D eigenvalue weighted by molar-refractivity contribution is 7.91. The van der Waals surface area contributed by atoms with Crippen molar-refractivity contribution in [3.8, 4) is 0 Å². The molecule has 108 valence electrons. The first kappa shape index (κ1) is 14.9. The smallest absolute Gasteiger partial charge is 0.252 e. The molecule has 0 amide bonds. The number of rotatable bonds is 8. The molecule has 5 nitrogen and oxygen atoms in total. The maximum atomic E-state index is 12.6. The van der Waals surface area contributed by atoms with Crippen LogP contribution in [-0.4, -0.2) is 45.6 Å². The average molecular weight is 304 g/mol. The van der Waals surface area contributed by atoms with Crippen LogP contribution >= 0.6 is 11.3 Å². The summed E-state index contributed by atoms with van der Waals surface area (Å²) in [6, 6.07) is 3.69. The minimum atomic E-state index is -3.38. The first-order chi connectivity index (χ1) is 9.09. The summed E-state index contributed by atoms with van der Waals surface area (Å²) < 4.78 is 32.2. The highest BCUT2D eigenvalue weighted by atomic mass is 32.2. The summed E-state index contributed by atoms with van der Waals surface area (Å²) in [5.74, 6) is 0. The SMILES string of the molecule is COCCN(C1CC1)S(=O)(=O)c1ccc(CCN)s1. The molecule has 1 saturated carbocycles. The van der Waals surface area contributed by atoms with Crippen LogP contribution in [0.15, 0.2) is 16.3 Å². The van der Waals surface area contributed by atoms with E-state index in [0.29, 0.717) is 23.9 Å². The van der Waals surface area contributed by atoms with E-state index in [1.165, 1.54) is 11.3 Å². The number of methoxy groups -OCH3 is 1. The van der Waals surface area contributed by atoms with Gasteiger partial charge in [0.25, 0.3) is 10.0 Å². The van der Waals surface area contributed by atoms with Crippen molar-refractivity contribution in [3.05, 3.63) is 17.0 Å². The summed E-state index contributed by atoms with van der Waals surface area (Å²) in [5, 5.41) is 0. The van der Waals surface area contributed by atoms with Gasteiger partial charge >= 0.3 is 0 Å². The molecule has 7 heteroatoms. The number of sulfonamides is 1. The Morgan fingerprint density at radius 1 is 1.47 bits per heavy atom. The molecule has 0 radical (unpaired) electrons. The quantitative estimate of drug-likeness (QED) is 0.779. The molecule has 0 bridgehead atoms. The van der Waals surface area contributed by atoms with Gasteiger partial charge in [-0.3, -0.25) is 0 Å². The molecule has 1 aliphatic rings. The van der Waals surface area contributed by atoms with Crippen molar-refractivity contribution in [1.29, 1.82) is 0 Å². The van der Waals surface area contributed by atoms with Gasteiger partial charge in [-0.15, -0.1) is 11.3 Å². The van der Waals surface area contributed by atoms with Gasteiger partial charge in [0.15, 0.2) is 0 Å². The van der Waals surface area contributed by atoms with E-state index in [1.54, 1.807) is 17.5 Å². The summed E-state index contributed by atoms with van der Waals surface area (Å²) in [7, 11) is -1.79. The van der Waals surface area contributed by atoms with Gasteiger partial charge in [0.1, 0.15) is 4.21 Å². The third-order valence-corrected chi connectivity index (χ3v) is 6.62. The fourth-order valence-electron chi connectivity index (χ4n) is 1.93. The number of nitrogens with zero attached hydrogens (tertiary/aromatic N) is 1. The van der Waals surface area contributed by atoms with Gasteiger partial charge in [-0.1, -0.05) is 0 Å². The zero-order chi connectivity index (χ0) is 13.9. The van der Waals surface area contributed by atoms with Crippen LogP contribution in [0.1, 0.15) is 17.7 Å². The van der Waals surface area contributed by atoms with Crippen LogP contribution in [-0.2, 0) is 21.2 Å². The Morgan fingerprint density at radius 2 is 2.21 bits per heavy atom. The molecule has 2 rings (SSSR count). The Bertz CT molecular complexity index is 509. The van der Waals surface area contributed by atoms with E-state index in [4.69, 9.17) is 10.5 Å². The molecule has 1 heterocycles. The summed E-state index contributed by atoms with van der Waals surface area (Å²) in [6.07, 6.45) is 2.62. The molecule has 0 aromatic carbocycles. The van der Waals surface area contributed by atoms with Crippen molar-refractivity contribution in [2.24, 2.45) is 5.73 Å². The molecule has 0 aliphatic heterocycles. The molecule has 1 aliphatic carbocycles. The molecule has 1 fully saturated rings. The lowest BCUT2D eigenvalue weighted by Gasteiger charge is -2.20. The molecule has 0 saturated heterocycles. The summed E-state index contributed by atoms with van der Waals surface area (Å²) >= 11 is 1.32. The van der Waals surface area contributed by atoms with E-state index < -0.39 is 10.0 Å².